The minimum absolute atomic E-state index is 0.265. The van der Waals surface area contributed by atoms with E-state index in [1.807, 2.05) is 0 Å². The molecule has 0 saturated carbocycles. The zero-order chi connectivity index (χ0) is 36.2. The fourth-order valence-corrected chi connectivity index (χ4v) is 9.02. The standard InChI is InChI=1S/C36H44O3P.CHF3O3S/c1-34(2,3)37-27-15-21-31(22-16-27)40(30-13-11-10-12-14-30,32-23-17-28(18-24-32)38-35(4,5)6)33-25-19-29(20-26-33)39-36(7,8)9;2-1(3,4)8(5,6)7/h10-26H,1-9H3;(H,5,6,7)/q+1;/p-1. The van der Waals surface area contributed by atoms with Crippen LogP contribution < -0.4 is 35.4 Å². The second kappa shape index (κ2) is 14.5. The van der Waals surface area contributed by atoms with Crippen molar-refractivity contribution in [3.05, 3.63) is 103 Å². The molecule has 0 bridgehead atoms. The number of hydrogen-bond acceptors (Lipinski definition) is 6. The highest BCUT2D eigenvalue weighted by Gasteiger charge is 2.48. The van der Waals surface area contributed by atoms with E-state index in [1.165, 1.54) is 21.2 Å². The minimum Gasteiger partial charge on any atom is -0.741 e. The van der Waals surface area contributed by atoms with E-state index in [0.29, 0.717) is 0 Å². The van der Waals surface area contributed by atoms with Crippen molar-refractivity contribution in [2.45, 2.75) is 84.6 Å². The molecule has 0 N–H and O–H groups in total. The highest BCUT2D eigenvalue weighted by atomic mass is 32.2. The molecule has 0 saturated heterocycles. The van der Waals surface area contributed by atoms with Gasteiger partial charge in [0.25, 0.3) is 0 Å². The molecule has 0 atom stereocenters. The van der Waals surface area contributed by atoms with Gasteiger partial charge in [0.15, 0.2) is 10.1 Å². The molecule has 0 amide bonds. The number of halogens is 3. The fourth-order valence-electron chi connectivity index (χ4n) is 4.82. The third-order valence-corrected chi connectivity index (χ3v) is 11.2. The van der Waals surface area contributed by atoms with Crippen LogP contribution in [-0.4, -0.2) is 35.3 Å². The molecule has 4 aromatic rings. The van der Waals surface area contributed by atoms with E-state index in [4.69, 9.17) is 27.2 Å². The zero-order valence-corrected chi connectivity index (χ0v) is 30.5. The number of alkyl halides is 3. The lowest BCUT2D eigenvalue weighted by Crippen LogP contribution is -2.38. The number of benzene rings is 4. The molecule has 4 rings (SSSR count). The minimum atomic E-state index is -6.09. The molecule has 0 unspecified atom stereocenters. The van der Waals surface area contributed by atoms with Gasteiger partial charge in [-0.3, -0.25) is 0 Å². The van der Waals surface area contributed by atoms with E-state index in [-0.39, 0.29) is 16.8 Å². The predicted molar refractivity (Wildman–Crippen MR) is 188 cm³/mol. The predicted octanol–water partition coefficient (Wildman–Crippen LogP) is 7.89. The van der Waals surface area contributed by atoms with Gasteiger partial charge >= 0.3 is 5.51 Å². The van der Waals surface area contributed by atoms with Crippen molar-refractivity contribution in [1.82, 2.24) is 0 Å². The van der Waals surface area contributed by atoms with Crippen LogP contribution >= 0.6 is 7.26 Å². The van der Waals surface area contributed by atoms with Gasteiger partial charge < -0.3 is 18.8 Å². The van der Waals surface area contributed by atoms with Crippen LogP contribution in [0.3, 0.4) is 0 Å². The van der Waals surface area contributed by atoms with E-state index in [0.717, 1.165) is 17.2 Å². The summed E-state index contributed by atoms with van der Waals surface area (Å²) in [6.07, 6.45) is 0. The van der Waals surface area contributed by atoms with Gasteiger partial charge in [-0.1, -0.05) is 18.2 Å². The second-order valence-corrected chi connectivity index (χ2v) is 18.8. The topological polar surface area (TPSA) is 84.9 Å². The summed E-state index contributed by atoms with van der Waals surface area (Å²) in [6, 6.07) is 36.9. The summed E-state index contributed by atoms with van der Waals surface area (Å²) in [5.74, 6) is 2.60. The quantitative estimate of drug-likeness (QED) is 0.111. The molecule has 0 radical (unpaired) electrons. The van der Waals surface area contributed by atoms with Gasteiger partial charge in [0, 0.05) is 0 Å². The van der Waals surface area contributed by atoms with Crippen molar-refractivity contribution >= 4 is 38.6 Å². The lowest BCUT2D eigenvalue weighted by Gasteiger charge is -2.29. The van der Waals surface area contributed by atoms with Gasteiger partial charge in [0.1, 0.15) is 62.5 Å². The van der Waals surface area contributed by atoms with Crippen molar-refractivity contribution in [2.75, 3.05) is 0 Å². The molecule has 0 fully saturated rings. The molecule has 11 heteroatoms. The van der Waals surface area contributed by atoms with Crippen molar-refractivity contribution < 1.29 is 40.4 Å². The van der Waals surface area contributed by atoms with Crippen molar-refractivity contribution in [3.8, 4) is 17.2 Å². The summed E-state index contributed by atoms with van der Waals surface area (Å²) in [5, 5.41) is 5.06. The third-order valence-electron chi connectivity index (χ3n) is 6.37. The number of ether oxygens (including phenoxy) is 3. The molecular formula is C37H44F3O6PS. The van der Waals surface area contributed by atoms with E-state index < -0.39 is 22.9 Å². The summed E-state index contributed by atoms with van der Waals surface area (Å²) >= 11 is 0. The SMILES string of the molecule is CC(C)(C)Oc1ccc([P+](c2ccccc2)(c2ccc(OC(C)(C)C)cc2)c2ccc(OC(C)(C)C)cc2)cc1.O=S(=O)([O-])C(F)(F)F. The Morgan fingerprint density at radius 2 is 0.708 bits per heavy atom. The van der Waals surface area contributed by atoms with E-state index in [9.17, 15) is 13.2 Å². The van der Waals surface area contributed by atoms with E-state index in [1.54, 1.807) is 0 Å². The van der Waals surface area contributed by atoms with Crippen LogP contribution in [0.15, 0.2) is 103 Å². The molecule has 0 heterocycles. The maximum absolute atomic E-state index is 10.7. The molecule has 6 nitrogen and oxygen atoms in total. The van der Waals surface area contributed by atoms with Crippen molar-refractivity contribution in [2.24, 2.45) is 0 Å². The molecule has 0 aromatic heterocycles. The summed E-state index contributed by atoms with van der Waals surface area (Å²) in [4.78, 5) is 0. The Balaban J connectivity index is 0.000000694. The highest BCUT2D eigenvalue weighted by molar-refractivity contribution is 8.01. The monoisotopic (exact) mass is 704 g/mol. The molecule has 0 aliphatic heterocycles. The fraction of sp³-hybridized carbons (Fsp3) is 0.351. The van der Waals surface area contributed by atoms with Crippen LogP contribution in [0.1, 0.15) is 62.3 Å². The van der Waals surface area contributed by atoms with Gasteiger partial charge in [-0.15, -0.1) is 0 Å². The van der Waals surface area contributed by atoms with Gasteiger partial charge in [0.2, 0.25) is 0 Å². The largest absolute Gasteiger partial charge is 0.741 e. The molecular weight excluding hydrogens is 660 g/mol. The Bertz CT molecular complexity index is 1580. The van der Waals surface area contributed by atoms with Gasteiger partial charge in [-0.2, -0.15) is 13.2 Å². The Labute approximate surface area is 283 Å². The lowest BCUT2D eigenvalue weighted by atomic mass is 10.2. The summed E-state index contributed by atoms with van der Waals surface area (Å²) in [7, 11) is -8.38. The summed E-state index contributed by atoms with van der Waals surface area (Å²) < 4.78 is 77.5. The molecule has 0 spiro atoms. The zero-order valence-electron chi connectivity index (χ0n) is 28.8. The van der Waals surface area contributed by atoms with E-state index in [2.05, 4.69) is 165 Å². The van der Waals surface area contributed by atoms with Crippen LogP contribution in [-0.2, 0) is 10.1 Å². The first-order valence-corrected chi connectivity index (χ1v) is 18.5. The van der Waals surface area contributed by atoms with Crippen LogP contribution in [0.25, 0.3) is 0 Å². The summed E-state index contributed by atoms with van der Waals surface area (Å²) in [6.45, 7) is 18.7. The Morgan fingerprint density at radius 3 is 0.917 bits per heavy atom. The first-order chi connectivity index (χ1) is 21.9. The van der Waals surface area contributed by atoms with Crippen molar-refractivity contribution in [1.29, 1.82) is 0 Å². The van der Waals surface area contributed by atoms with Crippen LogP contribution in [0.4, 0.5) is 13.2 Å². The molecule has 48 heavy (non-hydrogen) atoms. The van der Waals surface area contributed by atoms with Gasteiger partial charge in [-0.25, -0.2) is 8.42 Å². The van der Waals surface area contributed by atoms with Crippen LogP contribution in [0.2, 0.25) is 0 Å². The Kier molecular flexibility index (Phi) is 11.7. The maximum atomic E-state index is 10.7. The maximum Gasteiger partial charge on any atom is 0.485 e. The molecule has 0 aliphatic carbocycles. The van der Waals surface area contributed by atoms with E-state index >= 15 is 0 Å². The number of rotatable bonds is 7. The van der Waals surface area contributed by atoms with Crippen LogP contribution in [0, 0.1) is 0 Å². The Hall–Kier alpha value is -3.59. The smallest absolute Gasteiger partial charge is 0.485 e. The third kappa shape index (κ3) is 10.7. The second-order valence-electron chi connectivity index (χ2n) is 14.0. The average molecular weight is 705 g/mol. The lowest BCUT2D eigenvalue weighted by molar-refractivity contribution is -0.0517. The van der Waals surface area contributed by atoms with Crippen LogP contribution in [0.5, 0.6) is 17.2 Å². The molecule has 0 aliphatic rings. The number of hydrogen-bond donors (Lipinski definition) is 0. The van der Waals surface area contributed by atoms with Crippen molar-refractivity contribution in [3.63, 3.8) is 0 Å². The molecule has 4 aromatic carbocycles. The summed E-state index contributed by atoms with van der Waals surface area (Å²) in [5.41, 5.74) is -6.44. The van der Waals surface area contributed by atoms with Gasteiger partial charge in [0.05, 0.1) is 0 Å². The van der Waals surface area contributed by atoms with Gasteiger partial charge in [-0.05, 0) is 147 Å². The highest BCUT2D eigenvalue weighted by Crippen LogP contribution is 2.54. The Morgan fingerprint density at radius 1 is 0.479 bits per heavy atom. The average Bonchev–Trinajstić information content (AvgIpc) is 2.93. The molecule has 260 valence electrons. The normalized spacial score (nSPS) is 12.9. The first kappa shape index (κ1) is 38.9. The first-order valence-electron chi connectivity index (χ1n) is 15.3.